The van der Waals surface area contributed by atoms with Crippen LogP contribution in [0, 0.1) is 0 Å². The van der Waals surface area contributed by atoms with Gasteiger partial charge in [0.2, 0.25) is 5.91 Å². The van der Waals surface area contributed by atoms with Crippen molar-refractivity contribution in [3.8, 4) is 5.75 Å². The maximum Gasteiger partial charge on any atom is 0.328 e. The van der Waals surface area contributed by atoms with E-state index >= 15 is 0 Å². The quantitative estimate of drug-likeness (QED) is 0.441. The van der Waals surface area contributed by atoms with E-state index in [2.05, 4.69) is 5.32 Å². The first-order valence-electron chi connectivity index (χ1n) is 5.61. The van der Waals surface area contributed by atoms with Crippen molar-refractivity contribution < 1.29 is 24.9 Å². The molecule has 0 heterocycles. The predicted molar refractivity (Wildman–Crippen MR) is 66.4 cm³/mol. The summed E-state index contributed by atoms with van der Waals surface area (Å²) in [6, 6.07) is 3.87. The molecule has 104 valence electrons. The van der Waals surface area contributed by atoms with Gasteiger partial charge in [-0.1, -0.05) is 12.1 Å². The molecule has 1 amide bonds. The number of aliphatic carboxylic acids is 1. The Kier molecular flexibility index (Phi) is 5.28. The largest absolute Gasteiger partial charge is 0.508 e. The molecule has 19 heavy (non-hydrogen) atoms. The van der Waals surface area contributed by atoms with E-state index in [4.69, 9.17) is 21.1 Å². The van der Waals surface area contributed by atoms with E-state index in [1.54, 1.807) is 12.1 Å². The van der Waals surface area contributed by atoms with E-state index in [0.717, 1.165) is 5.56 Å². The number of rotatable bonds is 6. The number of carbonyl (C=O) groups is 2. The molecule has 0 aliphatic rings. The summed E-state index contributed by atoms with van der Waals surface area (Å²) in [6.45, 7) is -0.701. The lowest BCUT2D eigenvalue weighted by atomic mass is 10.1. The van der Waals surface area contributed by atoms with Gasteiger partial charge in [-0.3, -0.25) is 4.79 Å². The molecule has 0 unspecified atom stereocenters. The molecule has 0 saturated heterocycles. The Morgan fingerprint density at radius 1 is 1.26 bits per heavy atom. The van der Waals surface area contributed by atoms with Crippen molar-refractivity contribution in [2.45, 2.75) is 18.5 Å². The molecule has 0 aromatic heterocycles. The van der Waals surface area contributed by atoms with Crippen molar-refractivity contribution in [2.24, 2.45) is 5.73 Å². The van der Waals surface area contributed by atoms with Crippen molar-refractivity contribution in [3.63, 3.8) is 0 Å². The lowest BCUT2D eigenvalue weighted by Crippen LogP contribution is -2.50. The van der Waals surface area contributed by atoms with Gasteiger partial charge in [0.1, 0.15) is 11.8 Å². The van der Waals surface area contributed by atoms with Crippen LogP contribution >= 0.6 is 0 Å². The van der Waals surface area contributed by atoms with Gasteiger partial charge in [-0.25, -0.2) is 4.79 Å². The molecule has 0 bridgehead atoms. The second-order valence-corrected chi connectivity index (χ2v) is 4.06. The van der Waals surface area contributed by atoms with Crippen molar-refractivity contribution in [1.29, 1.82) is 0 Å². The molecule has 1 aromatic carbocycles. The average Bonchev–Trinajstić information content (AvgIpc) is 2.37. The molecular formula is C12H16N2O5. The molecule has 1 rings (SSSR count). The first kappa shape index (κ1) is 14.9. The summed E-state index contributed by atoms with van der Waals surface area (Å²) < 4.78 is 0. The van der Waals surface area contributed by atoms with Gasteiger partial charge in [-0.05, 0) is 24.1 Å². The Labute approximate surface area is 109 Å². The van der Waals surface area contributed by atoms with Crippen LogP contribution in [0.15, 0.2) is 24.3 Å². The second kappa shape index (κ2) is 6.72. The van der Waals surface area contributed by atoms with Crippen LogP contribution in [0.5, 0.6) is 5.75 Å². The lowest BCUT2D eigenvalue weighted by molar-refractivity contribution is -0.143. The van der Waals surface area contributed by atoms with E-state index in [1.165, 1.54) is 12.1 Å². The van der Waals surface area contributed by atoms with Gasteiger partial charge in [-0.15, -0.1) is 0 Å². The predicted octanol–water partition coefficient (Wildman–Crippen LogP) is -1.18. The molecule has 2 atom stereocenters. The smallest absolute Gasteiger partial charge is 0.328 e. The Hall–Kier alpha value is -2.12. The zero-order chi connectivity index (χ0) is 14.4. The topological polar surface area (TPSA) is 133 Å². The number of carboxylic acids is 1. The van der Waals surface area contributed by atoms with Crippen LogP contribution in [0.25, 0.3) is 0 Å². The maximum absolute atomic E-state index is 11.6. The fourth-order valence-electron chi connectivity index (χ4n) is 1.44. The number of phenolic OH excluding ortho intramolecular Hbond substituents is 1. The average molecular weight is 268 g/mol. The van der Waals surface area contributed by atoms with Crippen LogP contribution in [0.2, 0.25) is 0 Å². The van der Waals surface area contributed by atoms with Crippen LogP contribution in [-0.2, 0) is 16.0 Å². The number of aliphatic hydroxyl groups is 1. The van der Waals surface area contributed by atoms with Crippen LogP contribution in [0.1, 0.15) is 5.56 Å². The van der Waals surface area contributed by atoms with Crippen molar-refractivity contribution in [3.05, 3.63) is 29.8 Å². The van der Waals surface area contributed by atoms with E-state index in [1.807, 2.05) is 0 Å². The molecule has 0 aliphatic heterocycles. The zero-order valence-electron chi connectivity index (χ0n) is 10.1. The summed E-state index contributed by atoms with van der Waals surface area (Å²) >= 11 is 0. The second-order valence-electron chi connectivity index (χ2n) is 4.06. The van der Waals surface area contributed by atoms with Gasteiger partial charge in [0.05, 0.1) is 12.6 Å². The number of phenols is 1. The number of hydrogen-bond donors (Lipinski definition) is 5. The number of amides is 1. The molecule has 0 radical (unpaired) electrons. The van der Waals surface area contributed by atoms with Crippen LogP contribution in [0.3, 0.4) is 0 Å². The number of nitrogens with one attached hydrogen (secondary N) is 1. The third kappa shape index (κ3) is 4.57. The Balaban J connectivity index is 2.57. The van der Waals surface area contributed by atoms with Gasteiger partial charge in [0, 0.05) is 0 Å². The zero-order valence-corrected chi connectivity index (χ0v) is 10.1. The molecule has 0 fully saturated rings. The van der Waals surface area contributed by atoms with Crippen LogP contribution in [0.4, 0.5) is 0 Å². The van der Waals surface area contributed by atoms with Crippen LogP contribution in [-0.4, -0.2) is 45.9 Å². The number of benzene rings is 1. The third-order valence-corrected chi connectivity index (χ3v) is 2.53. The SMILES string of the molecule is N[C@H](Cc1ccc(O)cc1)C(=O)N[C@@H](CO)C(=O)O. The standard InChI is InChI=1S/C12H16N2O5/c13-9(5-7-1-3-8(16)4-2-7)11(17)14-10(6-15)12(18)19/h1-4,9-10,15-16H,5-6,13H2,(H,14,17)(H,18,19)/t9-,10+/m1/s1. The summed E-state index contributed by atoms with van der Waals surface area (Å²) in [5.74, 6) is -1.88. The first-order chi connectivity index (χ1) is 8.93. The highest BCUT2D eigenvalue weighted by molar-refractivity contribution is 5.87. The minimum atomic E-state index is -1.36. The maximum atomic E-state index is 11.6. The Bertz CT molecular complexity index is 446. The summed E-state index contributed by atoms with van der Waals surface area (Å²) in [6.07, 6.45) is 0.198. The highest BCUT2D eigenvalue weighted by Gasteiger charge is 2.22. The minimum Gasteiger partial charge on any atom is -0.508 e. The molecular weight excluding hydrogens is 252 g/mol. The molecule has 7 nitrogen and oxygen atoms in total. The summed E-state index contributed by atoms with van der Waals surface area (Å²) in [5.41, 5.74) is 6.37. The fourth-order valence-corrected chi connectivity index (χ4v) is 1.44. The normalized spacial score (nSPS) is 13.6. The number of carbonyl (C=O) groups excluding carboxylic acids is 1. The summed E-state index contributed by atoms with van der Waals surface area (Å²) in [4.78, 5) is 22.3. The molecule has 6 N–H and O–H groups in total. The van der Waals surface area contributed by atoms with Crippen molar-refractivity contribution >= 4 is 11.9 Å². The van der Waals surface area contributed by atoms with Gasteiger partial charge < -0.3 is 26.4 Å². The van der Waals surface area contributed by atoms with Gasteiger partial charge >= 0.3 is 5.97 Å². The minimum absolute atomic E-state index is 0.105. The number of aromatic hydroxyl groups is 1. The molecule has 0 saturated carbocycles. The lowest BCUT2D eigenvalue weighted by Gasteiger charge is -2.16. The molecule has 0 aliphatic carbocycles. The number of carboxylic acid groups (broad SMARTS) is 1. The van der Waals surface area contributed by atoms with E-state index in [9.17, 15) is 9.59 Å². The van der Waals surface area contributed by atoms with E-state index in [0.29, 0.717) is 0 Å². The Morgan fingerprint density at radius 2 is 1.84 bits per heavy atom. The van der Waals surface area contributed by atoms with E-state index < -0.39 is 30.6 Å². The molecule has 0 spiro atoms. The highest BCUT2D eigenvalue weighted by atomic mass is 16.4. The van der Waals surface area contributed by atoms with Gasteiger partial charge in [-0.2, -0.15) is 0 Å². The summed E-state index contributed by atoms with van der Waals surface area (Å²) in [7, 11) is 0. The monoisotopic (exact) mass is 268 g/mol. The highest BCUT2D eigenvalue weighted by Crippen LogP contribution is 2.10. The van der Waals surface area contributed by atoms with Gasteiger partial charge in [0.25, 0.3) is 0 Å². The Morgan fingerprint density at radius 3 is 2.32 bits per heavy atom. The van der Waals surface area contributed by atoms with Crippen LogP contribution < -0.4 is 11.1 Å². The number of aliphatic hydroxyl groups excluding tert-OH is 1. The van der Waals surface area contributed by atoms with E-state index in [-0.39, 0.29) is 12.2 Å². The molecule has 1 aromatic rings. The van der Waals surface area contributed by atoms with Gasteiger partial charge in [0.15, 0.2) is 0 Å². The summed E-state index contributed by atoms with van der Waals surface area (Å²) in [5, 5.41) is 28.7. The number of nitrogens with two attached hydrogens (primary N) is 1. The fraction of sp³-hybridized carbons (Fsp3) is 0.333. The van der Waals surface area contributed by atoms with Crippen molar-refractivity contribution in [1.82, 2.24) is 5.32 Å². The number of hydrogen-bond acceptors (Lipinski definition) is 5. The third-order valence-electron chi connectivity index (χ3n) is 2.53. The van der Waals surface area contributed by atoms with Crippen molar-refractivity contribution in [2.75, 3.05) is 6.61 Å². The molecule has 7 heteroatoms. The first-order valence-corrected chi connectivity index (χ1v) is 5.61.